The predicted octanol–water partition coefficient (Wildman–Crippen LogP) is 8.94. The van der Waals surface area contributed by atoms with Gasteiger partial charge in [0.15, 0.2) is 17.2 Å². The van der Waals surface area contributed by atoms with Crippen LogP contribution in [0.3, 0.4) is 0 Å². The number of nitro groups is 1. The summed E-state index contributed by atoms with van der Waals surface area (Å²) in [6.07, 6.45) is 0. The lowest BCUT2D eigenvalue weighted by atomic mass is 10.0. The minimum atomic E-state index is -5.45. The summed E-state index contributed by atoms with van der Waals surface area (Å²) < 4.78 is 175. The molecule has 92 heavy (non-hydrogen) atoms. The number of carboxylic acids is 2. The summed E-state index contributed by atoms with van der Waals surface area (Å²) in [5, 5.41) is 93.4. The van der Waals surface area contributed by atoms with Crippen LogP contribution < -0.4 is 11.3 Å². The number of nitro benzene ring substituents is 1. The van der Waals surface area contributed by atoms with E-state index in [0.717, 1.165) is 55.6 Å². The summed E-state index contributed by atoms with van der Waals surface area (Å²) in [6.45, 7) is 8.84. The van der Waals surface area contributed by atoms with Crippen molar-refractivity contribution in [3.05, 3.63) is 134 Å². The number of phenols is 2. The van der Waals surface area contributed by atoms with Gasteiger partial charge in [0.1, 0.15) is 59.4 Å². The number of hydrogen-bond acceptors (Lipinski definition) is 30. The normalized spacial score (nSPS) is 12.5. The fourth-order valence-corrected chi connectivity index (χ4v) is 11.8. The van der Waals surface area contributed by atoms with Gasteiger partial charge in [0.2, 0.25) is 0 Å². The third-order valence-corrected chi connectivity index (χ3v) is 17.0. The first-order valence-electron chi connectivity index (χ1n) is 23.5. The molecule has 0 fully saturated rings. The van der Waals surface area contributed by atoms with E-state index in [4.69, 9.17) is 17.6 Å². The van der Waals surface area contributed by atoms with E-state index in [1.165, 1.54) is 12.1 Å². The van der Waals surface area contributed by atoms with E-state index in [1.807, 2.05) is 0 Å². The molecular formula is C46H33N13O27S6. The number of benzene rings is 7. The van der Waals surface area contributed by atoms with E-state index in [2.05, 4.69) is 60.2 Å². The Morgan fingerprint density at radius 2 is 1.24 bits per heavy atom. The first-order chi connectivity index (χ1) is 42.7. The highest BCUT2D eigenvalue weighted by Gasteiger charge is 2.31. The lowest BCUT2D eigenvalue weighted by molar-refractivity contribution is -0.432. The molecule has 0 aliphatic heterocycles. The number of azo groups is 4. The van der Waals surface area contributed by atoms with Crippen molar-refractivity contribution in [1.82, 2.24) is 9.78 Å². The number of aryl methyl sites for hydroxylation is 1. The molecule has 0 aliphatic rings. The highest BCUT2D eigenvalue weighted by Crippen LogP contribution is 2.51. The monoisotopic (exact) mass is 1390 g/mol. The molecule has 0 saturated carbocycles. The highest BCUT2D eigenvalue weighted by atomic mass is 32.2. The van der Waals surface area contributed by atoms with Crippen LogP contribution >= 0.6 is 12.0 Å². The first-order valence-corrected chi connectivity index (χ1v) is 31.4. The Morgan fingerprint density at radius 1 is 0.641 bits per heavy atom. The number of fused-ring (bicyclic) bond motifs is 2. The van der Waals surface area contributed by atoms with Crippen LogP contribution in [0, 0.1) is 23.6 Å². The molecule has 1 heterocycles. The quantitative estimate of drug-likeness (QED) is 0.00525. The van der Waals surface area contributed by atoms with E-state index in [-0.39, 0.29) is 17.7 Å². The number of nitrogens with zero attached hydrogens (tertiary/aromatic N) is 11. The zero-order chi connectivity index (χ0) is 68.5. The number of hydrogen-bond donors (Lipinski definition) is 12. The number of carbonyl (C=O) groups is 2. The Labute approximate surface area is 515 Å². The van der Waals surface area contributed by atoms with E-state index < -0.39 is 204 Å². The molecule has 13 N–H and O–H groups in total. The summed E-state index contributed by atoms with van der Waals surface area (Å²) in [4.78, 5) is 44.4. The lowest BCUT2D eigenvalue weighted by Crippen LogP contribution is -2.18. The molecule has 1 aromatic heterocycles. The zero-order valence-electron chi connectivity index (χ0n) is 44.9. The molecule has 0 amide bonds. The van der Waals surface area contributed by atoms with Gasteiger partial charge in [-0.25, -0.2) is 19.9 Å². The van der Waals surface area contributed by atoms with Gasteiger partial charge < -0.3 is 31.0 Å². The van der Waals surface area contributed by atoms with E-state index in [0.29, 0.717) is 34.5 Å². The predicted molar refractivity (Wildman–Crippen MR) is 309 cm³/mol. The zero-order valence-corrected chi connectivity index (χ0v) is 49.8. The van der Waals surface area contributed by atoms with Crippen LogP contribution in [-0.2, 0) is 60.0 Å². The number of rotatable bonds is 19. The van der Waals surface area contributed by atoms with Gasteiger partial charge in [-0.3, -0.25) is 37.7 Å². The van der Waals surface area contributed by atoms with Crippen LogP contribution in [-0.4, -0.2) is 124 Å². The number of H-pyrrole nitrogens is 1. The van der Waals surface area contributed by atoms with E-state index in [1.54, 1.807) is 6.92 Å². The fraction of sp³-hybridized carbons (Fsp3) is 0.0435. The number of carboxylic acid groups (broad SMARTS) is 2. The number of aromatic hydroxyl groups is 2. The van der Waals surface area contributed by atoms with Crippen molar-refractivity contribution in [3.63, 3.8) is 0 Å². The van der Waals surface area contributed by atoms with Crippen molar-refractivity contribution >= 4 is 153 Å². The molecular weight excluding hydrogens is 1360 g/mol. The summed E-state index contributed by atoms with van der Waals surface area (Å²) in [5.74, 6) is -5.88. The SMILES string of the molecule is CN=Nc1c(S(=O)(=O)O)cc2c(S(=O)(=O)O)c(N=Nc3cc(S(=O)(=O)O)c4cc(SOOO)c(N=Nc5ccc([N+](=O)[O-])cc5C(=O)O)c(O)c4c3N)ccc2c1O.[C-]#[N+]c1[nH]n(-c2cc(S(=O)(=O)O)ccc2C(=O)O)c(=O)c1N=Nc1cc(C)ccc1S(=O)(=O)O. The molecule has 0 unspecified atom stereocenters. The lowest BCUT2D eigenvalue weighted by Gasteiger charge is -2.15. The second-order valence-electron chi connectivity index (χ2n) is 17.7. The van der Waals surface area contributed by atoms with Crippen molar-refractivity contribution in [2.24, 2.45) is 40.9 Å². The van der Waals surface area contributed by atoms with Gasteiger partial charge in [-0.05, 0) is 79.2 Å². The van der Waals surface area contributed by atoms with Crippen LogP contribution in [0.1, 0.15) is 26.3 Å². The highest BCUT2D eigenvalue weighted by molar-refractivity contribution is 7.94. The number of nitrogens with two attached hydrogens (primary N) is 1. The van der Waals surface area contributed by atoms with Crippen LogP contribution in [0.25, 0.3) is 32.1 Å². The van der Waals surface area contributed by atoms with Gasteiger partial charge in [-0.1, -0.05) is 17.7 Å². The maximum atomic E-state index is 12.9. The molecule has 0 bridgehead atoms. The molecule has 8 aromatic rings. The number of aromatic carboxylic acids is 2. The Bertz CT molecular complexity index is 5340. The molecule has 40 nitrogen and oxygen atoms in total. The second kappa shape index (κ2) is 26.1. The van der Waals surface area contributed by atoms with Crippen LogP contribution in [0.15, 0.2) is 160 Å². The number of aromatic nitrogens is 2. The van der Waals surface area contributed by atoms with Gasteiger partial charge in [0.25, 0.3) is 62.1 Å². The smallest absolute Gasteiger partial charge is 0.338 e. The van der Waals surface area contributed by atoms with Gasteiger partial charge >= 0.3 is 17.5 Å². The maximum absolute atomic E-state index is 12.9. The number of non-ortho nitro benzene ring substituents is 1. The summed E-state index contributed by atoms with van der Waals surface area (Å²) >= 11 is 0.0630. The Kier molecular flexibility index (Phi) is 19.6. The summed E-state index contributed by atoms with van der Waals surface area (Å²) in [5.41, 5.74) is -2.08. The second-order valence-corrected chi connectivity index (χ2v) is 25.4. The average Bonchev–Trinajstić information content (AvgIpc) is 0.892. The average molecular weight is 1390 g/mol. The number of aromatic amines is 1. The fourth-order valence-electron chi connectivity index (χ4n) is 8.07. The largest absolute Gasteiger partial charge is 0.505 e. The molecule has 0 aliphatic carbocycles. The van der Waals surface area contributed by atoms with Crippen molar-refractivity contribution in [1.29, 1.82) is 0 Å². The van der Waals surface area contributed by atoms with Crippen LogP contribution in [0.5, 0.6) is 11.5 Å². The van der Waals surface area contributed by atoms with Gasteiger partial charge in [0.05, 0.1) is 49.0 Å². The minimum absolute atomic E-state index is 0.0630. The van der Waals surface area contributed by atoms with Crippen LogP contribution in [0.4, 0.5) is 57.0 Å². The molecule has 0 spiro atoms. The third kappa shape index (κ3) is 14.5. The Hall–Kier alpha value is -10.5. The number of anilines is 1. The number of nitrogen functional groups attached to an aromatic ring is 1. The van der Waals surface area contributed by atoms with Gasteiger partial charge in [-0.15, -0.1) is 24.8 Å². The molecule has 0 saturated heterocycles. The standard InChI is InChI=1S/C28H20N8O18S4.C18H13N5O9S2/c1-30-34-24-20(57(47,48)49)8-12-11(25(24)37)3-5-16(27(12)58(50,51)52)32-33-17-9-19(56(44,45)46)14-7-18(55-54-53-43)23(26(38)21(14)22(17)29)35-31-15-4-2-10(36(41)42)6-13(15)28(39)40;1-9-3-6-14(34(30,31)32)12(7-9)20-21-15-16(19-2)22-23(17(15)24)13-8-10(33(27,28)29)4-5-11(13)18(25)26/h2-9,37-38,43H,29H2,1H3,(H,39,40)(H,44,45,46)(H,47,48,49)(H,50,51,52);3-8,22H,1H3,(H,25,26)(H,27,28,29)(H,30,31,32). The Balaban J connectivity index is 0.000000299. The molecule has 46 heteroatoms. The molecule has 0 radical (unpaired) electrons. The first kappa shape index (κ1) is 69.0. The number of phenolic OH excluding ortho intramolecular Hbond substituents is 2. The third-order valence-electron chi connectivity index (χ3n) is 11.9. The molecule has 0 atom stereocenters. The maximum Gasteiger partial charge on any atom is 0.338 e. The van der Waals surface area contributed by atoms with Crippen molar-refractivity contribution in [2.45, 2.75) is 36.3 Å². The van der Waals surface area contributed by atoms with Gasteiger partial charge in [0, 0.05) is 35.3 Å². The molecule has 8 rings (SSSR count). The van der Waals surface area contributed by atoms with E-state index >= 15 is 0 Å². The van der Waals surface area contributed by atoms with Crippen molar-refractivity contribution in [3.8, 4) is 17.2 Å². The van der Waals surface area contributed by atoms with Crippen molar-refractivity contribution < 1.29 is 114 Å². The Morgan fingerprint density at radius 3 is 1.80 bits per heavy atom. The minimum Gasteiger partial charge on any atom is -0.505 e. The molecule has 7 aromatic carbocycles. The van der Waals surface area contributed by atoms with Crippen molar-refractivity contribution in [2.75, 3.05) is 12.8 Å². The molecule has 480 valence electrons. The van der Waals surface area contributed by atoms with E-state index in [9.17, 15) is 110 Å². The van der Waals surface area contributed by atoms with Crippen LogP contribution in [0.2, 0.25) is 0 Å². The number of nitrogens with one attached hydrogen (secondary N) is 1. The summed E-state index contributed by atoms with van der Waals surface area (Å²) in [7, 11) is -24.4. The van der Waals surface area contributed by atoms with Gasteiger partial charge in [-0.2, -0.15) is 67.2 Å². The summed E-state index contributed by atoms with van der Waals surface area (Å²) in [6, 6.07) is 12.2. The topological polar surface area (TPSA) is 636 Å².